The summed E-state index contributed by atoms with van der Waals surface area (Å²) in [4.78, 5) is 13.5. The van der Waals surface area contributed by atoms with E-state index in [-0.39, 0.29) is 15.6 Å². The Balaban J connectivity index is 1.70. The van der Waals surface area contributed by atoms with Gasteiger partial charge in [0.2, 0.25) is 5.91 Å². The predicted octanol–water partition coefficient (Wildman–Crippen LogP) is 5.76. The zero-order valence-corrected chi connectivity index (χ0v) is 22.0. The van der Waals surface area contributed by atoms with Crippen molar-refractivity contribution in [2.75, 3.05) is 18.0 Å². The normalized spacial score (nSPS) is 11.2. The van der Waals surface area contributed by atoms with Gasteiger partial charge in [-0.15, -0.1) is 0 Å². The van der Waals surface area contributed by atoms with Gasteiger partial charge in [0.05, 0.1) is 28.8 Å². The molecule has 0 saturated heterocycles. The Hall–Kier alpha value is -3.81. The van der Waals surface area contributed by atoms with Crippen molar-refractivity contribution in [1.29, 1.82) is 0 Å². The quantitative estimate of drug-likeness (QED) is 0.296. The number of rotatable bonds is 9. The fourth-order valence-electron chi connectivity index (χ4n) is 3.95. The van der Waals surface area contributed by atoms with Crippen LogP contribution in [0.4, 0.5) is 5.69 Å². The summed E-state index contributed by atoms with van der Waals surface area (Å²) in [6.45, 7) is 1.42. The van der Waals surface area contributed by atoms with Crippen LogP contribution in [0.15, 0.2) is 108 Å². The van der Waals surface area contributed by atoms with Crippen LogP contribution in [0.2, 0.25) is 5.02 Å². The Morgan fingerprint density at radius 3 is 1.97 bits per heavy atom. The average molecular weight is 535 g/mol. The highest BCUT2D eigenvalue weighted by atomic mass is 35.5. The van der Waals surface area contributed by atoms with Crippen molar-refractivity contribution in [3.63, 3.8) is 0 Å². The number of hydrogen-bond donors (Lipinski definition) is 1. The van der Waals surface area contributed by atoms with Crippen LogP contribution in [0.3, 0.4) is 0 Å². The first-order chi connectivity index (χ1) is 17.8. The third-order valence-corrected chi connectivity index (χ3v) is 7.97. The van der Waals surface area contributed by atoms with Crippen molar-refractivity contribution in [3.8, 4) is 5.75 Å². The van der Waals surface area contributed by atoms with Gasteiger partial charge in [0.25, 0.3) is 10.0 Å². The number of carbonyl (C=O) groups is 1. The van der Waals surface area contributed by atoms with Gasteiger partial charge in [-0.1, -0.05) is 90.0 Å². The number of amides is 1. The molecule has 0 aliphatic carbocycles. The number of methoxy groups -OCH3 is 1. The van der Waals surface area contributed by atoms with Gasteiger partial charge in [-0.2, -0.15) is 0 Å². The molecule has 0 fully saturated rings. The summed E-state index contributed by atoms with van der Waals surface area (Å²) < 4.78 is 33.8. The maximum absolute atomic E-state index is 13.7. The highest BCUT2D eigenvalue weighted by Gasteiger charge is 2.29. The van der Waals surface area contributed by atoms with Crippen LogP contribution in [-0.4, -0.2) is 28.0 Å². The van der Waals surface area contributed by atoms with Gasteiger partial charge in [-0.05, 0) is 48.4 Å². The van der Waals surface area contributed by atoms with Gasteiger partial charge in [-0.3, -0.25) is 9.10 Å². The molecule has 0 heterocycles. The summed E-state index contributed by atoms with van der Waals surface area (Å²) in [5, 5.41) is 3.25. The fourth-order valence-corrected chi connectivity index (χ4v) is 5.61. The predicted molar refractivity (Wildman–Crippen MR) is 147 cm³/mol. The molecular weight excluding hydrogens is 508 g/mol. The molecule has 0 unspecified atom stereocenters. The van der Waals surface area contributed by atoms with E-state index in [1.165, 1.54) is 25.3 Å². The van der Waals surface area contributed by atoms with E-state index in [2.05, 4.69) is 5.32 Å². The summed E-state index contributed by atoms with van der Waals surface area (Å²) in [6.07, 6.45) is 0. The molecule has 37 heavy (non-hydrogen) atoms. The first-order valence-corrected chi connectivity index (χ1v) is 13.4. The lowest BCUT2D eigenvalue weighted by Crippen LogP contribution is -2.42. The van der Waals surface area contributed by atoms with E-state index in [0.29, 0.717) is 5.75 Å². The van der Waals surface area contributed by atoms with Gasteiger partial charge in [-0.25, -0.2) is 8.42 Å². The second-order valence-corrected chi connectivity index (χ2v) is 10.7. The number of hydrogen-bond acceptors (Lipinski definition) is 4. The average Bonchev–Trinajstić information content (AvgIpc) is 2.91. The van der Waals surface area contributed by atoms with E-state index in [1.54, 1.807) is 24.3 Å². The second-order valence-electron chi connectivity index (χ2n) is 8.47. The zero-order valence-electron chi connectivity index (χ0n) is 20.5. The van der Waals surface area contributed by atoms with E-state index >= 15 is 0 Å². The van der Waals surface area contributed by atoms with Crippen LogP contribution in [-0.2, 0) is 14.8 Å². The molecule has 8 heteroatoms. The topological polar surface area (TPSA) is 75.7 Å². The smallest absolute Gasteiger partial charge is 0.264 e. The summed E-state index contributed by atoms with van der Waals surface area (Å²) in [7, 11) is -2.62. The molecule has 4 rings (SSSR count). The number of ether oxygens (including phenoxy) is 1. The lowest BCUT2D eigenvalue weighted by atomic mass is 9.99. The number of sulfonamides is 1. The Labute approximate surface area is 222 Å². The Morgan fingerprint density at radius 1 is 0.892 bits per heavy atom. The molecule has 1 amide bonds. The molecule has 0 spiro atoms. The third kappa shape index (κ3) is 6.13. The number of aryl methyl sites for hydroxylation is 1. The van der Waals surface area contributed by atoms with Crippen molar-refractivity contribution in [2.24, 2.45) is 0 Å². The van der Waals surface area contributed by atoms with Gasteiger partial charge < -0.3 is 10.1 Å². The van der Waals surface area contributed by atoms with Crippen molar-refractivity contribution in [1.82, 2.24) is 5.32 Å². The largest absolute Gasteiger partial charge is 0.495 e. The molecule has 0 aliphatic rings. The minimum Gasteiger partial charge on any atom is -0.495 e. The van der Waals surface area contributed by atoms with E-state index < -0.39 is 28.5 Å². The van der Waals surface area contributed by atoms with Crippen molar-refractivity contribution in [3.05, 3.63) is 125 Å². The van der Waals surface area contributed by atoms with Crippen LogP contribution in [0.5, 0.6) is 5.75 Å². The van der Waals surface area contributed by atoms with Crippen LogP contribution in [0, 0.1) is 6.92 Å². The summed E-state index contributed by atoms with van der Waals surface area (Å²) >= 11 is 6.32. The Kier molecular flexibility index (Phi) is 8.16. The highest BCUT2D eigenvalue weighted by Crippen LogP contribution is 2.32. The molecule has 6 nitrogen and oxygen atoms in total. The number of benzene rings is 4. The van der Waals surface area contributed by atoms with E-state index in [9.17, 15) is 13.2 Å². The molecule has 0 radical (unpaired) electrons. The minimum absolute atomic E-state index is 0.0699. The minimum atomic E-state index is -4.09. The Morgan fingerprint density at radius 2 is 1.46 bits per heavy atom. The first kappa shape index (κ1) is 26.3. The molecule has 4 aromatic carbocycles. The summed E-state index contributed by atoms with van der Waals surface area (Å²) in [5.41, 5.74) is 2.92. The van der Waals surface area contributed by atoms with Crippen LogP contribution in [0.1, 0.15) is 22.7 Å². The number of halogens is 1. The molecular formula is C29H27ClN2O4S. The summed E-state index contributed by atoms with van der Waals surface area (Å²) in [6, 6.07) is 29.7. The van der Waals surface area contributed by atoms with E-state index in [1.807, 2.05) is 67.6 Å². The monoisotopic (exact) mass is 534 g/mol. The number of nitrogens with one attached hydrogen (secondary N) is 1. The van der Waals surface area contributed by atoms with Crippen LogP contribution in [0.25, 0.3) is 0 Å². The third-order valence-electron chi connectivity index (χ3n) is 5.89. The van der Waals surface area contributed by atoms with Gasteiger partial charge >= 0.3 is 0 Å². The number of carbonyl (C=O) groups excluding carboxylic acids is 1. The lowest BCUT2D eigenvalue weighted by molar-refractivity contribution is -0.120. The highest BCUT2D eigenvalue weighted by molar-refractivity contribution is 7.92. The molecule has 0 atom stereocenters. The number of nitrogens with zero attached hydrogens (tertiary/aromatic N) is 1. The Bertz CT molecular complexity index is 1420. The molecule has 4 aromatic rings. The van der Waals surface area contributed by atoms with Gasteiger partial charge in [0, 0.05) is 0 Å². The number of anilines is 1. The summed E-state index contributed by atoms with van der Waals surface area (Å²) in [5.74, 6) is -0.0731. The van der Waals surface area contributed by atoms with Gasteiger partial charge in [0.15, 0.2) is 0 Å². The second kappa shape index (κ2) is 11.5. The molecule has 1 N–H and O–H groups in total. The van der Waals surface area contributed by atoms with Gasteiger partial charge in [0.1, 0.15) is 12.3 Å². The SMILES string of the molecule is COc1ccc(N(CC(=O)NC(c2ccccc2)c2ccccc2)S(=O)(=O)c2ccc(C)cc2)cc1Cl. The van der Waals surface area contributed by atoms with E-state index in [0.717, 1.165) is 21.0 Å². The van der Waals surface area contributed by atoms with Crippen molar-refractivity contribution >= 4 is 33.2 Å². The fraction of sp³-hybridized carbons (Fsp3) is 0.138. The van der Waals surface area contributed by atoms with Crippen molar-refractivity contribution in [2.45, 2.75) is 17.9 Å². The van der Waals surface area contributed by atoms with E-state index in [4.69, 9.17) is 16.3 Å². The maximum atomic E-state index is 13.7. The maximum Gasteiger partial charge on any atom is 0.264 e. The molecule has 0 bridgehead atoms. The first-order valence-electron chi connectivity index (χ1n) is 11.6. The zero-order chi connectivity index (χ0) is 26.4. The molecule has 0 saturated carbocycles. The van der Waals surface area contributed by atoms with Crippen LogP contribution >= 0.6 is 11.6 Å². The molecule has 0 aliphatic heterocycles. The lowest BCUT2D eigenvalue weighted by Gasteiger charge is -2.26. The standard InChI is InChI=1S/C29H27ClN2O4S/c1-21-13-16-25(17-14-21)37(34,35)32(24-15-18-27(36-2)26(30)19-24)20-28(33)31-29(22-9-5-3-6-10-22)23-11-7-4-8-12-23/h3-19,29H,20H2,1-2H3,(H,31,33). The van der Waals surface area contributed by atoms with Crippen molar-refractivity contribution < 1.29 is 17.9 Å². The molecule has 190 valence electrons. The van der Waals surface area contributed by atoms with Crippen LogP contribution < -0.4 is 14.4 Å². The molecule has 0 aromatic heterocycles.